The highest BCUT2D eigenvalue weighted by Gasteiger charge is 2.17. The van der Waals surface area contributed by atoms with E-state index in [1.54, 1.807) is 19.5 Å². The molecule has 13 heavy (non-hydrogen) atoms. The van der Waals surface area contributed by atoms with Crippen LogP contribution in [0.3, 0.4) is 0 Å². The SMILES string of the molecule is COc1cnc(C2CCCN2)cn1. The third-order valence-electron chi connectivity index (χ3n) is 2.27. The van der Waals surface area contributed by atoms with Gasteiger partial charge in [-0.1, -0.05) is 0 Å². The zero-order valence-corrected chi connectivity index (χ0v) is 7.66. The van der Waals surface area contributed by atoms with E-state index in [0.29, 0.717) is 11.9 Å². The normalized spacial score (nSPS) is 21.8. The average molecular weight is 179 g/mol. The topological polar surface area (TPSA) is 47.0 Å². The molecule has 1 atom stereocenters. The molecule has 0 spiro atoms. The van der Waals surface area contributed by atoms with Gasteiger partial charge in [-0.15, -0.1) is 0 Å². The zero-order valence-electron chi connectivity index (χ0n) is 7.66. The lowest BCUT2D eigenvalue weighted by atomic mass is 10.2. The molecule has 70 valence electrons. The van der Waals surface area contributed by atoms with Crippen LogP contribution < -0.4 is 10.1 Å². The maximum Gasteiger partial charge on any atom is 0.231 e. The minimum atomic E-state index is 0.387. The van der Waals surface area contributed by atoms with E-state index in [-0.39, 0.29) is 0 Å². The number of nitrogens with zero attached hydrogens (tertiary/aromatic N) is 2. The van der Waals surface area contributed by atoms with Gasteiger partial charge in [-0.2, -0.15) is 0 Å². The highest BCUT2D eigenvalue weighted by Crippen LogP contribution is 2.20. The molecule has 0 saturated carbocycles. The summed E-state index contributed by atoms with van der Waals surface area (Å²) in [6, 6.07) is 0.387. The minimum absolute atomic E-state index is 0.387. The molecule has 0 aliphatic carbocycles. The van der Waals surface area contributed by atoms with Gasteiger partial charge in [0.2, 0.25) is 5.88 Å². The van der Waals surface area contributed by atoms with E-state index < -0.39 is 0 Å². The second kappa shape index (κ2) is 3.70. The summed E-state index contributed by atoms with van der Waals surface area (Å²) in [5.74, 6) is 0.571. The second-order valence-corrected chi connectivity index (χ2v) is 3.13. The quantitative estimate of drug-likeness (QED) is 0.733. The predicted molar refractivity (Wildman–Crippen MR) is 48.6 cm³/mol. The van der Waals surface area contributed by atoms with Crippen molar-refractivity contribution in [1.29, 1.82) is 0 Å². The molecular weight excluding hydrogens is 166 g/mol. The summed E-state index contributed by atoms with van der Waals surface area (Å²) < 4.78 is 4.94. The summed E-state index contributed by atoms with van der Waals surface area (Å²) in [4.78, 5) is 8.40. The Bertz CT molecular complexity index is 267. The molecule has 1 aliphatic rings. The minimum Gasteiger partial charge on any atom is -0.480 e. The fraction of sp³-hybridized carbons (Fsp3) is 0.556. The Labute approximate surface area is 77.4 Å². The molecule has 2 rings (SSSR count). The molecule has 1 fully saturated rings. The van der Waals surface area contributed by atoms with Crippen LogP contribution in [0.2, 0.25) is 0 Å². The number of nitrogens with one attached hydrogen (secondary N) is 1. The van der Waals surface area contributed by atoms with Gasteiger partial charge in [0.05, 0.1) is 31.2 Å². The Morgan fingerprint density at radius 2 is 2.38 bits per heavy atom. The number of hydrogen-bond donors (Lipinski definition) is 1. The monoisotopic (exact) mass is 179 g/mol. The van der Waals surface area contributed by atoms with Gasteiger partial charge < -0.3 is 10.1 Å². The summed E-state index contributed by atoms with van der Waals surface area (Å²) in [6.07, 6.45) is 5.82. The van der Waals surface area contributed by atoms with Crippen LogP contribution in [-0.4, -0.2) is 23.6 Å². The van der Waals surface area contributed by atoms with E-state index in [2.05, 4.69) is 15.3 Å². The maximum atomic E-state index is 4.94. The summed E-state index contributed by atoms with van der Waals surface area (Å²) in [5, 5.41) is 3.37. The van der Waals surface area contributed by atoms with Gasteiger partial charge in [0.15, 0.2) is 0 Å². The third kappa shape index (κ3) is 1.78. The summed E-state index contributed by atoms with van der Waals surface area (Å²) in [7, 11) is 1.59. The summed E-state index contributed by atoms with van der Waals surface area (Å²) >= 11 is 0. The van der Waals surface area contributed by atoms with Crippen molar-refractivity contribution in [3.63, 3.8) is 0 Å². The third-order valence-corrected chi connectivity index (χ3v) is 2.27. The summed E-state index contributed by atoms with van der Waals surface area (Å²) in [5.41, 5.74) is 1.01. The molecule has 1 aromatic heterocycles. The molecule has 1 saturated heterocycles. The van der Waals surface area contributed by atoms with Gasteiger partial charge in [-0.05, 0) is 19.4 Å². The van der Waals surface area contributed by atoms with E-state index in [1.165, 1.54) is 6.42 Å². The van der Waals surface area contributed by atoms with E-state index in [1.807, 2.05) is 0 Å². The van der Waals surface area contributed by atoms with E-state index >= 15 is 0 Å². The van der Waals surface area contributed by atoms with Crippen molar-refractivity contribution in [2.75, 3.05) is 13.7 Å². The van der Waals surface area contributed by atoms with Crippen molar-refractivity contribution < 1.29 is 4.74 Å². The van der Waals surface area contributed by atoms with Crippen molar-refractivity contribution in [2.45, 2.75) is 18.9 Å². The van der Waals surface area contributed by atoms with Crippen molar-refractivity contribution in [2.24, 2.45) is 0 Å². The molecule has 1 unspecified atom stereocenters. The van der Waals surface area contributed by atoms with Crippen LogP contribution in [-0.2, 0) is 0 Å². The largest absolute Gasteiger partial charge is 0.480 e. The molecular formula is C9H13N3O. The van der Waals surface area contributed by atoms with Gasteiger partial charge in [0.25, 0.3) is 0 Å². The predicted octanol–water partition coefficient (Wildman–Crippen LogP) is 0.910. The molecule has 4 nitrogen and oxygen atoms in total. The highest BCUT2D eigenvalue weighted by molar-refractivity contribution is 5.11. The highest BCUT2D eigenvalue weighted by atomic mass is 16.5. The Morgan fingerprint density at radius 3 is 2.92 bits per heavy atom. The first-order valence-corrected chi connectivity index (χ1v) is 4.49. The van der Waals surface area contributed by atoms with E-state index in [9.17, 15) is 0 Å². The van der Waals surface area contributed by atoms with Crippen LogP contribution in [0, 0.1) is 0 Å². The number of aromatic nitrogens is 2. The van der Waals surface area contributed by atoms with Gasteiger partial charge in [0, 0.05) is 0 Å². The van der Waals surface area contributed by atoms with E-state index in [4.69, 9.17) is 4.74 Å². The fourth-order valence-corrected chi connectivity index (χ4v) is 1.55. The molecule has 0 bridgehead atoms. The van der Waals surface area contributed by atoms with Crippen molar-refractivity contribution in [1.82, 2.24) is 15.3 Å². The number of ether oxygens (including phenoxy) is 1. The van der Waals surface area contributed by atoms with Gasteiger partial charge in [0.1, 0.15) is 0 Å². The van der Waals surface area contributed by atoms with Crippen LogP contribution in [0.15, 0.2) is 12.4 Å². The first kappa shape index (κ1) is 8.44. The van der Waals surface area contributed by atoms with Crippen LogP contribution >= 0.6 is 0 Å². The van der Waals surface area contributed by atoms with Crippen LogP contribution in [0.25, 0.3) is 0 Å². The lowest BCUT2D eigenvalue weighted by Crippen LogP contribution is -2.14. The number of methoxy groups -OCH3 is 1. The molecule has 4 heteroatoms. The molecule has 1 N–H and O–H groups in total. The van der Waals surface area contributed by atoms with Crippen molar-refractivity contribution >= 4 is 0 Å². The summed E-state index contributed by atoms with van der Waals surface area (Å²) in [6.45, 7) is 1.08. The molecule has 0 aromatic carbocycles. The Morgan fingerprint density at radius 1 is 1.46 bits per heavy atom. The van der Waals surface area contributed by atoms with Gasteiger partial charge in [-0.25, -0.2) is 4.98 Å². The first-order chi connectivity index (χ1) is 6.40. The number of hydrogen-bond acceptors (Lipinski definition) is 4. The maximum absolute atomic E-state index is 4.94. The van der Waals surface area contributed by atoms with Crippen LogP contribution in [0.1, 0.15) is 24.6 Å². The smallest absolute Gasteiger partial charge is 0.231 e. The Kier molecular flexibility index (Phi) is 2.40. The second-order valence-electron chi connectivity index (χ2n) is 3.13. The lowest BCUT2D eigenvalue weighted by molar-refractivity contribution is 0.394. The van der Waals surface area contributed by atoms with Crippen molar-refractivity contribution in [3.8, 4) is 5.88 Å². The van der Waals surface area contributed by atoms with E-state index in [0.717, 1.165) is 18.7 Å². The fourth-order valence-electron chi connectivity index (χ4n) is 1.55. The Hall–Kier alpha value is -1.16. The lowest BCUT2D eigenvalue weighted by Gasteiger charge is -2.08. The molecule has 1 aromatic rings. The van der Waals surface area contributed by atoms with Gasteiger partial charge >= 0.3 is 0 Å². The van der Waals surface area contributed by atoms with Gasteiger partial charge in [-0.3, -0.25) is 4.98 Å². The van der Waals surface area contributed by atoms with Crippen LogP contribution in [0.4, 0.5) is 0 Å². The first-order valence-electron chi connectivity index (χ1n) is 4.49. The standard InChI is InChI=1S/C9H13N3O/c1-13-9-6-11-8(5-12-9)7-3-2-4-10-7/h5-7,10H,2-4H2,1H3. The average Bonchev–Trinajstić information content (AvgIpc) is 2.71. The van der Waals surface area contributed by atoms with Crippen molar-refractivity contribution in [3.05, 3.63) is 18.1 Å². The van der Waals surface area contributed by atoms with Crippen LogP contribution in [0.5, 0.6) is 5.88 Å². The molecule has 2 heterocycles. The molecule has 1 aliphatic heterocycles. The zero-order chi connectivity index (χ0) is 9.10. The molecule has 0 amide bonds. The molecule has 0 radical (unpaired) electrons. The Balaban J connectivity index is 2.12. The number of rotatable bonds is 2.